The van der Waals surface area contributed by atoms with Crippen molar-refractivity contribution < 1.29 is 0 Å². The van der Waals surface area contributed by atoms with Crippen LogP contribution in [0.1, 0.15) is 19.8 Å². The molecule has 0 aromatic carbocycles. The normalized spacial score (nSPS) is 9.25. The lowest BCUT2D eigenvalue weighted by atomic mass is 10.1. The third-order valence-corrected chi connectivity index (χ3v) is 1.23. The van der Waals surface area contributed by atoms with Crippen LogP contribution in [-0.4, -0.2) is 0 Å². The second-order valence-corrected chi connectivity index (χ2v) is 1.92. The van der Waals surface area contributed by atoms with E-state index >= 15 is 0 Å². The predicted octanol–water partition coefficient (Wildman–Crippen LogP) is 2.77. The van der Waals surface area contributed by atoms with Crippen LogP contribution in [0.15, 0.2) is 25.3 Å². The molecule has 0 radical (unpaired) electrons. The maximum absolute atomic E-state index is 3.68. The van der Waals surface area contributed by atoms with E-state index in [2.05, 4.69) is 20.1 Å². The third kappa shape index (κ3) is 2.62. The first kappa shape index (κ1) is 7.48. The number of hydrogen-bond acceptors (Lipinski definition) is 0. The summed E-state index contributed by atoms with van der Waals surface area (Å²) in [6.45, 7) is 9.53. The number of allylic oxidation sites excluding steroid dienone is 2. The van der Waals surface area contributed by atoms with Gasteiger partial charge in [0.1, 0.15) is 0 Å². The van der Waals surface area contributed by atoms with Crippen molar-refractivity contribution in [1.82, 2.24) is 0 Å². The summed E-state index contributed by atoms with van der Waals surface area (Å²) in [5, 5.41) is 0. The molecule has 0 unspecified atom stereocenters. The summed E-state index contributed by atoms with van der Waals surface area (Å²) in [7, 11) is 0. The van der Waals surface area contributed by atoms with Crippen LogP contribution in [-0.2, 0) is 0 Å². The quantitative estimate of drug-likeness (QED) is 0.488. The first-order chi connectivity index (χ1) is 3.85. The number of rotatable bonds is 4. The first-order valence-electron chi connectivity index (χ1n) is 3.10. The Morgan fingerprint density at radius 3 is 2.00 bits per heavy atom. The molecule has 0 nitrogen and oxygen atoms in total. The van der Waals surface area contributed by atoms with Crippen LogP contribution in [0.3, 0.4) is 0 Å². The molecule has 46 valence electrons. The van der Waals surface area contributed by atoms with Gasteiger partial charge in [-0.25, -0.2) is 0 Å². The van der Waals surface area contributed by atoms with Crippen molar-refractivity contribution in [2.45, 2.75) is 19.8 Å². The summed E-state index contributed by atoms with van der Waals surface area (Å²) in [4.78, 5) is 0. The topological polar surface area (TPSA) is 0 Å². The highest BCUT2D eigenvalue weighted by molar-refractivity contribution is 4.91. The van der Waals surface area contributed by atoms with Crippen molar-refractivity contribution in [1.29, 1.82) is 0 Å². The van der Waals surface area contributed by atoms with Gasteiger partial charge in [-0.1, -0.05) is 25.5 Å². The Bertz CT molecular complexity index is 64.1. The van der Waals surface area contributed by atoms with Crippen LogP contribution in [0.25, 0.3) is 0 Å². The van der Waals surface area contributed by atoms with Crippen molar-refractivity contribution >= 4 is 0 Å². The highest BCUT2D eigenvalue weighted by Crippen LogP contribution is 2.06. The molecule has 0 aromatic rings. The lowest BCUT2D eigenvalue weighted by molar-refractivity contribution is 0.693. The minimum absolute atomic E-state index is 0.528. The Morgan fingerprint density at radius 2 is 1.88 bits per heavy atom. The highest BCUT2D eigenvalue weighted by Gasteiger charge is 1.92. The molecule has 0 bridgehead atoms. The van der Waals surface area contributed by atoms with Gasteiger partial charge in [-0.2, -0.15) is 0 Å². The Labute approximate surface area is 51.9 Å². The van der Waals surface area contributed by atoms with Gasteiger partial charge in [0.05, 0.1) is 0 Å². The van der Waals surface area contributed by atoms with E-state index in [1.54, 1.807) is 0 Å². The van der Waals surface area contributed by atoms with Gasteiger partial charge in [-0.15, -0.1) is 13.2 Å². The molecule has 8 heavy (non-hydrogen) atoms. The summed E-state index contributed by atoms with van der Waals surface area (Å²) >= 11 is 0. The van der Waals surface area contributed by atoms with Gasteiger partial charge in [-0.3, -0.25) is 0 Å². The van der Waals surface area contributed by atoms with E-state index in [0.29, 0.717) is 5.92 Å². The van der Waals surface area contributed by atoms with Crippen molar-refractivity contribution in [3.8, 4) is 0 Å². The summed E-state index contributed by atoms with van der Waals surface area (Å²) in [5.41, 5.74) is 0. The fourth-order valence-corrected chi connectivity index (χ4v) is 0.665. The lowest BCUT2D eigenvalue weighted by Gasteiger charge is -2.00. The Hall–Kier alpha value is -0.520. The Kier molecular flexibility index (Phi) is 4.33. The van der Waals surface area contributed by atoms with E-state index in [4.69, 9.17) is 0 Å². The fraction of sp³-hybridized carbons (Fsp3) is 0.500. The molecule has 0 heteroatoms. The van der Waals surface area contributed by atoms with E-state index in [9.17, 15) is 0 Å². The van der Waals surface area contributed by atoms with Gasteiger partial charge in [0.2, 0.25) is 0 Å². The molecule has 0 rings (SSSR count). The summed E-state index contributed by atoms with van der Waals surface area (Å²) in [6, 6.07) is 0. The second kappa shape index (κ2) is 4.63. The van der Waals surface area contributed by atoms with Gasteiger partial charge in [0, 0.05) is 0 Å². The summed E-state index contributed by atoms with van der Waals surface area (Å²) < 4.78 is 0. The van der Waals surface area contributed by atoms with Crippen LogP contribution in [0.5, 0.6) is 0 Å². The average Bonchev–Trinajstić information content (AvgIpc) is 1.83. The molecule has 0 aliphatic rings. The minimum Gasteiger partial charge on any atom is -0.102 e. The molecule has 0 aliphatic carbocycles. The van der Waals surface area contributed by atoms with Gasteiger partial charge in [-0.05, 0) is 12.3 Å². The third-order valence-electron chi connectivity index (χ3n) is 1.23. The molecule has 0 saturated carbocycles. The zero-order valence-corrected chi connectivity index (χ0v) is 5.56. The molecular weight excluding hydrogens is 96.1 g/mol. The van der Waals surface area contributed by atoms with Gasteiger partial charge in [0.15, 0.2) is 0 Å². The molecule has 0 saturated heterocycles. The largest absolute Gasteiger partial charge is 0.102 e. The van der Waals surface area contributed by atoms with Crippen molar-refractivity contribution in [2.24, 2.45) is 5.92 Å². The molecular formula is C8H14. The van der Waals surface area contributed by atoms with Crippen LogP contribution >= 0.6 is 0 Å². The van der Waals surface area contributed by atoms with E-state index < -0.39 is 0 Å². The fourth-order valence-electron chi connectivity index (χ4n) is 0.665. The Morgan fingerprint density at radius 1 is 1.38 bits per heavy atom. The van der Waals surface area contributed by atoms with E-state index in [0.717, 1.165) is 0 Å². The monoisotopic (exact) mass is 110 g/mol. The van der Waals surface area contributed by atoms with Crippen molar-refractivity contribution in [3.05, 3.63) is 25.3 Å². The number of hydrogen-bond donors (Lipinski definition) is 0. The van der Waals surface area contributed by atoms with Crippen LogP contribution < -0.4 is 0 Å². The standard InChI is InChI=1S/C8H14/c1-4-7-8(5-2)6-3/h5-6,8H,2-4,7H2,1H3. The van der Waals surface area contributed by atoms with Crippen LogP contribution in [0.2, 0.25) is 0 Å². The highest BCUT2D eigenvalue weighted by atomic mass is 14.0. The maximum atomic E-state index is 3.68. The maximum Gasteiger partial charge on any atom is -0.00590 e. The second-order valence-electron chi connectivity index (χ2n) is 1.92. The summed E-state index contributed by atoms with van der Waals surface area (Å²) in [6.07, 6.45) is 6.28. The van der Waals surface area contributed by atoms with Gasteiger partial charge < -0.3 is 0 Å². The van der Waals surface area contributed by atoms with Crippen molar-refractivity contribution in [2.75, 3.05) is 0 Å². The van der Waals surface area contributed by atoms with Crippen LogP contribution in [0, 0.1) is 5.92 Å². The van der Waals surface area contributed by atoms with E-state index in [1.165, 1.54) is 12.8 Å². The Balaban J connectivity index is 3.35. The molecule has 0 aromatic heterocycles. The first-order valence-corrected chi connectivity index (χ1v) is 3.10. The molecule has 0 spiro atoms. The molecule has 0 atom stereocenters. The zero-order chi connectivity index (χ0) is 6.41. The van der Waals surface area contributed by atoms with Crippen molar-refractivity contribution in [3.63, 3.8) is 0 Å². The molecule has 0 heterocycles. The van der Waals surface area contributed by atoms with E-state index in [1.807, 2.05) is 12.2 Å². The minimum atomic E-state index is 0.528. The van der Waals surface area contributed by atoms with Crippen LogP contribution in [0.4, 0.5) is 0 Å². The van der Waals surface area contributed by atoms with Gasteiger partial charge in [0.25, 0.3) is 0 Å². The SMILES string of the molecule is C=CC(C=C)CCC. The average molecular weight is 110 g/mol. The van der Waals surface area contributed by atoms with E-state index in [-0.39, 0.29) is 0 Å². The summed E-state index contributed by atoms with van der Waals surface area (Å²) in [5.74, 6) is 0.528. The molecule has 0 amide bonds. The van der Waals surface area contributed by atoms with Gasteiger partial charge >= 0.3 is 0 Å². The zero-order valence-electron chi connectivity index (χ0n) is 5.56. The molecule has 0 fully saturated rings. The predicted molar refractivity (Wildman–Crippen MR) is 38.8 cm³/mol. The molecule has 0 N–H and O–H groups in total. The lowest BCUT2D eigenvalue weighted by Crippen LogP contribution is -1.87. The smallest absolute Gasteiger partial charge is 0.00590 e. The molecule has 0 aliphatic heterocycles.